The summed E-state index contributed by atoms with van der Waals surface area (Å²) < 4.78 is 4.76. The lowest BCUT2D eigenvalue weighted by Crippen LogP contribution is -1.96. The number of rotatable bonds is 4. The molecule has 1 rings (SSSR count). The fraction of sp³-hybridized carbons (Fsp3) is 0.333. The summed E-state index contributed by atoms with van der Waals surface area (Å²) in [6.45, 7) is 2.58. The van der Waals surface area contributed by atoms with Crippen LogP contribution in [0.25, 0.3) is 0 Å². The van der Waals surface area contributed by atoms with E-state index in [-0.39, 0.29) is 0 Å². The molecule has 2 N–H and O–H groups in total. The highest BCUT2D eigenvalue weighted by Gasteiger charge is 2.00. The summed E-state index contributed by atoms with van der Waals surface area (Å²) in [4.78, 5) is 5.54. The zero-order chi connectivity index (χ0) is 9.68. The Balaban J connectivity index is 2.73. The van der Waals surface area contributed by atoms with E-state index in [9.17, 15) is 0 Å². The smallest absolute Gasteiger partial charge is 0.0725 e. The summed E-state index contributed by atoms with van der Waals surface area (Å²) in [5.74, 6) is 0. The van der Waals surface area contributed by atoms with Crippen molar-refractivity contribution in [2.45, 2.75) is 18.4 Å². The van der Waals surface area contributed by atoms with Gasteiger partial charge in [-0.3, -0.25) is 0 Å². The van der Waals surface area contributed by atoms with Crippen LogP contribution in [0.2, 0.25) is 0 Å². The molecule has 0 amide bonds. The molecule has 0 bridgehead atoms. The van der Waals surface area contributed by atoms with E-state index < -0.39 is 0 Å². The Kier molecular flexibility index (Phi) is 4.24. The van der Waals surface area contributed by atoms with Crippen LogP contribution in [0.4, 0.5) is 0 Å². The van der Waals surface area contributed by atoms with Crippen LogP contribution in [-0.2, 0) is 15.8 Å². The van der Waals surface area contributed by atoms with Crippen molar-refractivity contribution in [3.63, 3.8) is 0 Å². The summed E-state index contributed by atoms with van der Waals surface area (Å²) in [6.07, 6.45) is 0. The van der Waals surface area contributed by atoms with Crippen molar-refractivity contribution in [3.8, 4) is 0 Å². The number of nitrogens with two attached hydrogens (primary N) is 1. The van der Waals surface area contributed by atoms with Gasteiger partial charge < -0.3 is 5.73 Å². The maximum atomic E-state index is 5.51. The van der Waals surface area contributed by atoms with E-state index in [2.05, 4.69) is 4.89 Å². The molecule has 0 saturated heterocycles. The highest BCUT2D eigenvalue weighted by molar-refractivity contribution is 7.94. The monoisotopic (exact) mass is 199 g/mol. The molecule has 0 atom stereocenters. The zero-order valence-electron chi connectivity index (χ0n) is 7.74. The largest absolute Gasteiger partial charge is 0.326 e. The van der Waals surface area contributed by atoms with E-state index in [4.69, 9.17) is 10.1 Å². The second-order valence-corrected chi connectivity index (χ2v) is 3.36. The van der Waals surface area contributed by atoms with Gasteiger partial charge in [0.15, 0.2) is 0 Å². The molecule has 3 nitrogen and oxygen atoms in total. The Morgan fingerprint density at radius 3 is 2.77 bits per heavy atom. The van der Waals surface area contributed by atoms with E-state index in [0.29, 0.717) is 6.54 Å². The molecular formula is C9H13NO2S. The van der Waals surface area contributed by atoms with Gasteiger partial charge in [0.05, 0.1) is 19.2 Å². The van der Waals surface area contributed by atoms with Crippen LogP contribution in [0, 0.1) is 6.92 Å². The third-order valence-electron chi connectivity index (χ3n) is 1.67. The number of hydrogen-bond donors (Lipinski definition) is 1. The van der Waals surface area contributed by atoms with E-state index in [1.807, 2.05) is 25.1 Å². The van der Waals surface area contributed by atoms with Crippen molar-refractivity contribution in [1.29, 1.82) is 0 Å². The fourth-order valence-electron chi connectivity index (χ4n) is 1.00. The van der Waals surface area contributed by atoms with Gasteiger partial charge in [-0.25, -0.2) is 4.89 Å². The Bertz CT molecular complexity index is 278. The minimum absolute atomic E-state index is 0.566. The standard InChI is InChI=1S/C9H13NO2S/c1-7-5-8(6-10)3-4-9(7)13-12-11-2/h3-5H,6,10H2,1-2H3. The lowest BCUT2D eigenvalue weighted by molar-refractivity contribution is -0.160. The Labute approximate surface area is 82.4 Å². The molecular weight excluding hydrogens is 186 g/mol. The predicted octanol–water partition coefficient (Wildman–Crippen LogP) is 2.04. The predicted molar refractivity (Wildman–Crippen MR) is 53.0 cm³/mol. The van der Waals surface area contributed by atoms with Crippen LogP contribution in [0.1, 0.15) is 11.1 Å². The number of aryl methyl sites for hydroxylation is 1. The van der Waals surface area contributed by atoms with Crippen molar-refractivity contribution in [3.05, 3.63) is 29.3 Å². The summed E-state index contributed by atoms with van der Waals surface area (Å²) in [6, 6.07) is 6.00. The maximum absolute atomic E-state index is 5.51. The van der Waals surface area contributed by atoms with Gasteiger partial charge in [0, 0.05) is 11.4 Å². The quantitative estimate of drug-likeness (QED) is 0.458. The van der Waals surface area contributed by atoms with Crippen molar-refractivity contribution < 1.29 is 9.22 Å². The van der Waals surface area contributed by atoms with Gasteiger partial charge in [0.2, 0.25) is 0 Å². The molecule has 0 spiro atoms. The Morgan fingerprint density at radius 2 is 2.23 bits per heavy atom. The lowest BCUT2D eigenvalue weighted by atomic mass is 10.1. The van der Waals surface area contributed by atoms with Gasteiger partial charge in [-0.1, -0.05) is 12.1 Å². The van der Waals surface area contributed by atoms with Gasteiger partial charge in [-0.05, 0) is 24.1 Å². The van der Waals surface area contributed by atoms with Gasteiger partial charge in [-0.2, -0.15) is 4.33 Å². The molecule has 4 heteroatoms. The Morgan fingerprint density at radius 1 is 1.46 bits per heavy atom. The van der Waals surface area contributed by atoms with Crippen molar-refractivity contribution >= 4 is 12.0 Å². The fourth-order valence-corrected chi connectivity index (χ4v) is 1.46. The number of hydrogen-bond acceptors (Lipinski definition) is 4. The first-order valence-electron chi connectivity index (χ1n) is 3.95. The van der Waals surface area contributed by atoms with E-state index in [1.54, 1.807) is 0 Å². The lowest BCUT2D eigenvalue weighted by Gasteiger charge is -2.04. The summed E-state index contributed by atoms with van der Waals surface area (Å²) in [7, 11) is 1.48. The molecule has 0 heterocycles. The van der Waals surface area contributed by atoms with Crippen LogP contribution in [-0.4, -0.2) is 7.11 Å². The minimum atomic E-state index is 0.566. The van der Waals surface area contributed by atoms with Gasteiger partial charge >= 0.3 is 0 Å². The van der Waals surface area contributed by atoms with Crippen molar-refractivity contribution in [1.82, 2.24) is 0 Å². The average molecular weight is 199 g/mol. The highest BCUT2D eigenvalue weighted by atomic mass is 32.2. The molecule has 0 aliphatic rings. The molecule has 0 saturated carbocycles. The molecule has 0 radical (unpaired) electrons. The van der Waals surface area contributed by atoms with Crippen LogP contribution >= 0.6 is 12.0 Å². The van der Waals surface area contributed by atoms with E-state index >= 15 is 0 Å². The molecule has 0 aromatic heterocycles. The molecule has 0 fully saturated rings. The molecule has 0 aliphatic carbocycles. The third-order valence-corrected chi connectivity index (χ3v) is 2.51. The Hall–Kier alpha value is -0.550. The first-order chi connectivity index (χ1) is 6.27. The van der Waals surface area contributed by atoms with Crippen molar-refractivity contribution in [2.24, 2.45) is 5.73 Å². The van der Waals surface area contributed by atoms with Crippen LogP contribution in [0.3, 0.4) is 0 Å². The van der Waals surface area contributed by atoms with Crippen LogP contribution in [0.15, 0.2) is 23.1 Å². The van der Waals surface area contributed by atoms with Gasteiger partial charge in [-0.15, -0.1) is 0 Å². The minimum Gasteiger partial charge on any atom is -0.326 e. The molecule has 72 valence electrons. The zero-order valence-corrected chi connectivity index (χ0v) is 8.56. The average Bonchev–Trinajstić information content (AvgIpc) is 2.16. The summed E-state index contributed by atoms with van der Waals surface area (Å²) in [5.41, 5.74) is 7.77. The first kappa shape index (κ1) is 10.5. The second-order valence-electron chi connectivity index (χ2n) is 2.62. The first-order valence-corrected chi connectivity index (χ1v) is 4.69. The third kappa shape index (κ3) is 3.00. The summed E-state index contributed by atoms with van der Waals surface area (Å²) in [5, 5.41) is 0. The van der Waals surface area contributed by atoms with Gasteiger partial charge in [0.1, 0.15) is 0 Å². The van der Waals surface area contributed by atoms with Gasteiger partial charge in [0.25, 0.3) is 0 Å². The van der Waals surface area contributed by atoms with E-state index in [0.717, 1.165) is 16.0 Å². The van der Waals surface area contributed by atoms with Crippen molar-refractivity contribution in [2.75, 3.05) is 7.11 Å². The SMILES string of the molecule is COOSc1ccc(CN)cc1C. The molecule has 13 heavy (non-hydrogen) atoms. The maximum Gasteiger partial charge on any atom is 0.0725 e. The highest BCUT2D eigenvalue weighted by Crippen LogP contribution is 2.23. The normalized spacial score (nSPS) is 10.4. The topological polar surface area (TPSA) is 44.5 Å². The molecule has 1 aromatic rings. The van der Waals surface area contributed by atoms with Crippen LogP contribution in [0.5, 0.6) is 0 Å². The van der Waals surface area contributed by atoms with Crippen LogP contribution < -0.4 is 5.73 Å². The summed E-state index contributed by atoms with van der Waals surface area (Å²) >= 11 is 1.20. The number of benzene rings is 1. The van der Waals surface area contributed by atoms with E-state index in [1.165, 1.54) is 19.2 Å². The molecule has 0 aliphatic heterocycles. The molecule has 1 aromatic carbocycles. The molecule has 0 unspecified atom stereocenters. The second kappa shape index (κ2) is 5.24.